The van der Waals surface area contributed by atoms with Crippen LogP contribution in [0.3, 0.4) is 0 Å². The summed E-state index contributed by atoms with van der Waals surface area (Å²) in [6, 6.07) is 2.28. The van der Waals surface area contributed by atoms with Crippen LogP contribution < -0.4 is 11.1 Å². The van der Waals surface area contributed by atoms with E-state index in [4.69, 9.17) is 5.73 Å². The van der Waals surface area contributed by atoms with Crippen LogP contribution >= 0.6 is 11.3 Å². The lowest BCUT2D eigenvalue weighted by Gasteiger charge is -2.16. The van der Waals surface area contributed by atoms with Gasteiger partial charge in [-0.15, -0.1) is 11.3 Å². The second-order valence-electron chi connectivity index (χ2n) is 6.09. The minimum atomic E-state index is -0.0497. The molecule has 3 N–H and O–H groups in total. The number of nitrogens with two attached hydrogens (primary N) is 1. The predicted octanol–water partition coefficient (Wildman–Crippen LogP) is 3.41. The summed E-state index contributed by atoms with van der Waals surface area (Å²) in [5, 5.41) is 4.07. The van der Waals surface area contributed by atoms with Crippen LogP contribution in [0.5, 0.6) is 0 Å². The van der Waals surface area contributed by atoms with E-state index < -0.39 is 0 Å². The van der Waals surface area contributed by atoms with Crippen LogP contribution in [0.15, 0.2) is 6.07 Å². The van der Waals surface area contributed by atoms with E-state index in [2.05, 4.69) is 17.2 Å². The lowest BCUT2D eigenvalue weighted by atomic mass is 10.1. The summed E-state index contributed by atoms with van der Waals surface area (Å²) in [5.41, 5.74) is 8.82. The molecular weight excluding hydrogens is 282 g/mol. The van der Waals surface area contributed by atoms with Crippen LogP contribution in [0, 0.1) is 19.8 Å². The first-order valence-corrected chi connectivity index (χ1v) is 8.26. The Balaban J connectivity index is 1.95. The summed E-state index contributed by atoms with van der Waals surface area (Å²) in [6.45, 7) is 6.17. The van der Waals surface area contributed by atoms with Gasteiger partial charge in [0.15, 0.2) is 0 Å². The molecule has 2 aromatic rings. The molecule has 2 heterocycles. The number of carbonyl (C=O) groups is 1. The standard InChI is InChI=1S/C16H21N3OS/c1-8-5-4-6-11(8)19-15(20)14-13(17)12-9(2)7-10(3)18-16(12)21-14/h7-8,11H,4-6,17H2,1-3H3,(H,19,20). The maximum atomic E-state index is 12.5. The summed E-state index contributed by atoms with van der Waals surface area (Å²) in [5.74, 6) is 0.498. The van der Waals surface area contributed by atoms with Gasteiger partial charge in [-0.05, 0) is 44.2 Å². The van der Waals surface area contributed by atoms with Gasteiger partial charge in [0.25, 0.3) is 5.91 Å². The van der Waals surface area contributed by atoms with Crippen molar-refractivity contribution >= 4 is 33.1 Å². The number of nitrogens with one attached hydrogen (secondary N) is 1. The summed E-state index contributed by atoms with van der Waals surface area (Å²) in [7, 11) is 0. The Hall–Kier alpha value is -1.62. The molecule has 0 radical (unpaired) electrons. The van der Waals surface area contributed by atoms with Gasteiger partial charge in [-0.25, -0.2) is 4.98 Å². The quantitative estimate of drug-likeness (QED) is 0.893. The minimum absolute atomic E-state index is 0.0497. The number of nitrogen functional groups attached to an aromatic ring is 1. The molecule has 0 saturated heterocycles. The van der Waals surface area contributed by atoms with Crippen LogP contribution in [0.1, 0.15) is 47.1 Å². The summed E-state index contributed by atoms with van der Waals surface area (Å²) in [6.07, 6.45) is 3.44. The smallest absolute Gasteiger partial charge is 0.263 e. The zero-order valence-corrected chi connectivity index (χ0v) is 13.5. The molecule has 0 aliphatic heterocycles. The molecule has 1 amide bonds. The van der Waals surface area contributed by atoms with Gasteiger partial charge in [0, 0.05) is 17.1 Å². The zero-order chi connectivity index (χ0) is 15.1. The number of aromatic nitrogens is 1. The largest absolute Gasteiger partial charge is 0.397 e. The Labute approximate surface area is 128 Å². The Morgan fingerprint density at radius 3 is 2.86 bits per heavy atom. The number of fused-ring (bicyclic) bond motifs is 1. The Kier molecular flexibility index (Phi) is 3.61. The van der Waals surface area contributed by atoms with Gasteiger partial charge in [-0.3, -0.25) is 4.79 Å². The molecule has 2 unspecified atom stereocenters. The van der Waals surface area contributed by atoms with Crippen LogP contribution in [0.4, 0.5) is 5.69 Å². The van der Waals surface area contributed by atoms with Crippen molar-refractivity contribution in [3.63, 3.8) is 0 Å². The number of pyridine rings is 1. The molecule has 4 nitrogen and oxygen atoms in total. The van der Waals surface area contributed by atoms with E-state index in [1.165, 1.54) is 24.2 Å². The first-order chi connectivity index (χ1) is 9.97. The molecule has 3 rings (SSSR count). The second-order valence-corrected chi connectivity index (χ2v) is 7.09. The van der Waals surface area contributed by atoms with Crippen LogP contribution in [0.25, 0.3) is 10.2 Å². The van der Waals surface area contributed by atoms with E-state index >= 15 is 0 Å². The fourth-order valence-electron chi connectivity index (χ4n) is 3.23. The average molecular weight is 303 g/mol. The maximum Gasteiger partial charge on any atom is 0.263 e. The van der Waals surface area contributed by atoms with Gasteiger partial charge < -0.3 is 11.1 Å². The Bertz CT molecular complexity index is 707. The highest BCUT2D eigenvalue weighted by atomic mass is 32.1. The molecule has 21 heavy (non-hydrogen) atoms. The fourth-order valence-corrected chi connectivity index (χ4v) is 4.35. The number of hydrogen-bond donors (Lipinski definition) is 2. The summed E-state index contributed by atoms with van der Waals surface area (Å²) < 4.78 is 0. The van der Waals surface area contributed by atoms with Crippen LogP contribution in [-0.4, -0.2) is 16.9 Å². The molecule has 2 atom stereocenters. The second kappa shape index (κ2) is 5.30. The lowest BCUT2D eigenvalue weighted by Crippen LogP contribution is -2.36. The van der Waals surface area contributed by atoms with Gasteiger partial charge >= 0.3 is 0 Å². The van der Waals surface area contributed by atoms with E-state index in [-0.39, 0.29) is 11.9 Å². The highest BCUT2D eigenvalue weighted by molar-refractivity contribution is 7.21. The van der Waals surface area contributed by atoms with Crippen molar-refractivity contribution < 1.29 is 4.79 Å². The van der Waals surface area contributed by atoms with Crippen molar-refractivity contribution in [2.45, 2.75) is 46.1 Å². The van der Waals surface area contributed by atoms with Gasteiger partial charge in [0.1, 0.15) is 9.71 Å². The van der Waals surface area contributed by atoms with E-state index in [0.29, 0.717) is 16.5 Å². The third-order valence-corrected chi connectivity index (χ3v) is 5.51. The third kappa shape index (κ3) is 2.50. The van der Waals surface area contributed by atoms with E-state index in [1.54, 1.807) is 0 Å². The number of rotatable bonds is 2. The van der Waals surface area contributed by atoms with Crippen molar-refractivity contribution in [1.29, 1.82) is 0 Å². The van der Waals surface area contributed by atoms with Crippen molar-refractivity contribution in [1.82, 2.24) is 10.3 Å². The number of anilines is 1. The Morgan fingerprint density at radius 2 is 2.19 bits per heavy atom. The molecule has 1 saturated carbocycles. The zero-order valence-electron chi connectivity index (χ0n) is 12.7. The number of hydrogen-bond acceptors (Lipinski definition) is 4. The molecule has 0 aromatic carbocycles. The Morgan fingerprint density at radius 1 is 1.43 bits per heavy atom. The van der Waals surface area contributed by atoms with Crippen LogP contribution in [-0.2, 0) is 0 Å². The van der Waals surface area contributed by atoms with Crippen molar-refractivity contribution in [2.75, 3.05) is 5.73 Å². The molecule has 1 aliphatic carbocycles. The first kappa shape index (κ1) is 14.3. The van der Waals surface area contributed by atoms with E-state index in [1.807, 2.05) is 19.9 Å². The number of carbonyl (C=O) groups excluding carboxylic acids is 1. The van der Waals surface area contributed by atoms with Gasteiger partial charge in [-0.2, -0.15) is 0 Å². The minimum Gasteiger partial charge on any atom is -0.397 e. The number of thiophene rings is 1. The van der Waals surface area contributed by atoms with Gasteiger partial charge in [-0.1, -0.05) is 13.3 Å². The monoisotopic (exact) mass is 303 g/mol. The molecule has 112 valence electrons. The number of aryl methyl sites for hydroxylation is 2. The lowest BCUT2D eigenvalue weighted by molar-refractivity contribution is 0.0934. The van der Waals surface area contributed by atoms with Gasteiger partial charge in [0.05, 0.1) is 5.69 Å². The van der Waals surface area contributed by atoms with Crippen LogP contribution in [0.2, 0.25) is 0 Å². The molecule has 0 spiro atoms. The third-order valence-electron chi connectivity index (χ3n) is 4.41. The van der Waals surface area contributed by atoms with E-state index in [0.717, 1.165) is 27.9 Å². The SMILES string of the molecule is Cc1cc(C)c2c(N)c(C(=O)NC3CCCC3C)sc2n1. The number of amides is 1. The number of nitrogens with zero attached hydrogens (tertiary/aromatic N) is 1. The first-order valence-electron chi connectivity index (χ1n) is 7.44. The highest BCUT2D eigenvalue weighted by Crippen LogP contribution is 2.35. The maximum absolute atomic E-state index is 12.5. The van der Waals surface area contributed by atoms with Crippen molar-refractivity contribution in [2.24, 2.45) is 5.92 Å². The molecule has 5 heteroatoms. The fraction of sp³-hybridized carbons (Fsp3) is 0.500. The molecule has 1 aliphatic rings. The highest BCUT2D eigenvalue weighted by Gasteiger charge is 2.27. The van der Waals surface area contributed by atoms with Crippen molar-refractivity contribution in [3.05, 3.63) is 22.2 Å². The molecular formula is C16H21N3OS. The average Bonchev–Trinajstić information content (AvgIpc) is 2.94. The summed E-state index contributed by atoms with van der Waals surface area (Å²) in [4.78, 5) is 18.5. The normalized spacial score (nSPS) is 21.9. The molecule has 2 aromatic heterocycles. The topological polar surface area (TPSA) is 68.0 Å². The molecule has 1 fully saturated rings. The predicted molar refractivity (Wildman–Crippen MR) is 87.8 cm³/mol. The van der Waals surface area contributed by atoms with Gasteiger partial charge in [0.2, 0.25) is 0 Å². The summed E-state index contributed by atoms with van der Waals surface area (Å²) >= 11 is 1.40. The van der Waals surface area contributed by atoms with Crippen molar-refractivity contribution in [3.8, 4) is 0 Å². The van der Waals surface area contributed by atoms with E-state index in [9.17, 15) is 4.79 Å². The molecule has 0 bridgehead atoms.